The van der Waals surface area contributed by atoms with Crippen LogP contribution in [0.2, 0.25) is 5.02 Å². The number of amides is 2. The van der Waals surface area contributed by atoms with Crippen molar-refractivity contribution in [3.05, 3.63) is 64.4 Å². The van der Waals surface area contributed by atoms with Gasteiger partial charge in [0.25, 0.3) is 5.91 Å². The Morgan fingerprint density at radius 3 is 2.74 bits per heavy atom. The van der Waals surface area contributed by atoms with Crippen molar-refractivity contribution in [1.82, 2.24) is 25.2 Å². The minimum atomic E-state index is -0.671. The zero-order valence-electron chi connectivity index (χ0n) is 23.3. The van der Waals surface area contributed by atoms with Crippen LogP contribution >= 0.6 is 11.6 Å². The Bertz CT molecular complexity index is 1460. The molecule has 5 heterocycles. The Labute approximate surface area is 249 Å². The predicted octanol–water partition coefficient (Wildman–Crippen LogP) is 3.19. The van der Waals surface area contributed by atoms with Crippen molar-refractivity contribution in [3.8, 4) is 11.3 Å². The maximum atomic E-state index is 13.3. The number of fused-ring (bicyclic) bond motifs is 1. The van der Waals surface area contributed by atoms with Gasteiger partial charge in [-0.15, -0.1) is 0 Å². The maximum absolute atomic E-state index is 13.3. The second-order valence-corrected chi connectivity index (χ2v) is 11.3. The van der Waals surface area contributed by atoms with Gasteiger partial charge in [-0.2, -0.15) is 0 Å². The number of halogens is 1. The highest BCUT2D eigenvalue weighted by Crippen LogP contribution is 2.32. The van der Waals surface area contributed by atoms with E-state index in [0.717, 1.165) is 50.2 Å². The van der Waals surface area contributed by atoms with Crippen molar-refractivity contribution in [3.63, 3.8) is 0 Å². The summed E-state index contributed by atoms with van der Waals surface area (Å²) in [5, 5.41) is 16.6. The van der Waals surface area contributed by atoms with Gasteiger partial charge in [0.05, 0.1) is 35.3 Å². The first-order valence-electron chi connectivity index (χ1n) is 14.4. The minimum Gasteiger partial charge on any atom is -0.394 e. The molecule has 3 N–H and O–H groups in total. The highest BCUT2D eigenvalue weighted by Gasteiger charge is 2.30. The summed E-state index contributed by atoms with van der Waals surface area (Å²) in [6.45, 7) is 3.16. The third kappa shape index (κ3) is 6.18. The van der Waals surface area contributed by atoms with E-state index in [9.17, 15) is 14.7 Å². The number of benzene rings is 1. The number of rotatable bonds is 9. The molecule has 2 saturated heterocycles. The molecule has 0 radical (unpaired) electrons. The number of ether oxygens (including phenoxy) is 1. The number of hydrogen-bond donors (Lipinski definition) is 3. The zero-order chi connectivity index (χ0) is 29.1. The highest BCUT2D eigenvalue weighted by molar-refractivity contribution is 6.33. The average molecular weight is 592 g/mol. The molecule has 11 nitrogen and oxygen atoms in total. The smallest absolute Gasteiger partial charge is 0.254 e. The Hall–Kier alpha value is -3.80. The van der Waals surface area contributed by atoms with E-state index >= 15 is 0 Å². The molecule has 3 aliphatic heterocycles. The van der Waals surface area contributed by atoms with Crippen LogP contribution in [0, 0.1) is 0 Å². The van der Waals surface area contributed by atoms with Gasteiger partial charge in [-0.1, -0.05) is 29.8 Å². The number of pyridine rings is 1. The number of nitrogens with one attached hydrogen (secondary N) is 2. The first-order valence-corrected chi connectivity index (χ1v) is 14.8. The molecule has 220 valence electrons. The van der Waals surface area contributed by atoms with Gasteiger partial charge in [0.1, 0.15) is 12.4 Å². The Morgan fingerprint density at radius 1 is 1.14 bits per heavy atom. The molecule has 6 rings (SSSR count). The monoisotopic (exact) mass is 591 g/mol. The van der Waals surface area contributed by atoms with Gasteiger partial charge in [-0.25, -0.2) is 15.0 Å². The molecule has 3 aliphatic rings. The number of aromatic nitrogens is 3. The van der Waals surface area contributed by atoms with Gasteiger partial charge in [0, 0.05) is 50.0 Å². The molecule has 0 spiro atoms. The van der Waals surface area contributed by atoms with E-state index in [1.807, 2.05) is 24.3 Å². The molecule has 42 heavy (non-hydrogen) atoms. The molecule has 0 bridgehead atoms. The number of aliphatic hydroxyl groups is 1. The molecule has 1 atom stereocenters. The predicted molar refractivity (Wildman–Crippen MR) is 158 cm³/mol. The minimum absolute atomic E-state index is 0.140. The van der Waals surface area contributed by atoms with Gasteiger partial charge in [-0.3, -0.25) is 9.59 Å². The summed E-state index contributed by atoms with van der Waals surface area (Å²) in [6.07, 6.45) is 5.56. The van der Waals surface area contributed by atoms with Crippen molar-refractivity contribution in [1.29, 1.82) is 0 Å². The molecule has 0 aliphatic carbocycles. The van der Waals surface area contributed by atoms with E-state index in [1.165, 1.54) is 4.90 Å². The largest absolute Gasteiger partial charge is 0.394 e. The molecular weight excluding hydrogens is 558 g/mol. The van der Waals surface area contributed by atoms with Crippen LogP contribution in [-0.4, -0.2) is 82.3 Å². The fourth-order valence-corrected chi connectivity index (χ4v) is 5.88. The lowest BCUT2D eigenvalue weighted by molar-refractivity contribution is -0.122. The second kappa shape index (κ2) is 12.6. The van der Waals surface area contributed by atoms with Gasteiger partial charge in [0.15, 0.2) is 0 Å². The van der Waals surface area contributed by atoms with Gasteiger partial charge < -0.3 is 30.3 Å². The normalized spacial score (nSPS) is 17.8. The van der Waals surface area contributed by atoms with Crippen molar-refractivity contribution < 1.29 is 19.4 Å². The summed E-state index contributed by atoms with van der Waals surface area (Å²) in [4.78, 5) is 43.7. The van der Waals surface area contributed by atoms with E-state index in [1.54, 1.807) is 18.3 Å². The van der Waals surface area contributed by atoms with E-state index < -0.39 is 6.04 Å². The number of nitrogens with zero attached hydrogens (tertiary/aromatic N) is 5. The van der Waals surface area contributed by atoms with Crippen LogP contribution in [-0.2, 0) is 16.1 Å². The molecule has 1 aromatic carbocycles. The van der Waals surface area contributed by atoms with Crippen LogP contribution in [0.25, 0.3) is 11.3 Å². The molecule has 0 saturated carbocycles. The van der Waals surface area contributed by atoms with Crippen LogP contribution in [0.1, 0.15) is 53.3 Å². The average Bonchev–Trinajstić information content (AvgIpc) is 3.66. The SMILES string of the molecule is O=C(CN1Cc2ccc(-c3nc(NC4CCOCC4)ncc3Cl)cc2C1=O)N[C@H](CO)c1cccc(N2CCCC2)n1. The Morgan fingerprint density at radius 2 is 1.95 bits per heavy atom. The summed E-state index contributed by atoms with van der Waals surface area (Å²) in [5.74, 6) is 0.702. The van der Waals surface area contributed by atoms with Crippen molar-refractivity contribution in [2.75, 3.05) is 49.7 Å². The Balaban J connectivity index is 1.12. The summed E-state index contributed by atoms with van der Waals surface area (Å²) < 4.78 is 5.42. The molecule has 2 aromatic heterocycles. The van der Waals surface area contributed by atoms with Gasteiger partial charge in [0.2, 0.25) is 11.9 Å². The van der Waals surface area contributed by atoms with E-state index in [4.69, 9.17) is 16.3 Å². The van der Waals surface area contributed by atoms with E-state index in [0.29, 0.717) is 53.2 Å². The third-order valence-corrected chi connectivity index (χ3v) is 8.23. The first-order chi connectivity index (χ1) is 20.5. The number of hydrogen-bond acceptors (Lipinski definition) is 9. The van der Waals surface area contributed by atoms with E-state index in [2.05, 4.69) is 30.5 Å². The topological polar surface area (TPSA) is 133 Å². The van der Waals surface area contributed by atoms with Crippen LogP contribution in [0.3, 0.4) is 0 Å². The van der Waals surface area contributed by atoms with Crippen LogP contribution in [0.15, 0.2) is 42.6 Å². The summed E-state index contributed by atoms with van der Waals surface area (Å²) in [6, 6.07) is 10.7. The lowest BCUT2D eigenvalue weighted by atomic mass is 10.0. The summed E-state index contributed by atoms with van der Waals surface area (Å²) >= 11 is 6.47. The maximum Gasteiger partial charge on any atom is 0.254 e. The second-order valence-electron chi connectivity index (χ2n) is 10.9. The molecular formula is C30H34ClN7O4. The lowest BCUT2D eigenvalue weighted by Gasteiger charge is -2.23. The number of aliphatic hydroxyl groups excluding tert-OH is 1. The van der Waals surface area contributed by atoms with Crippen molar-refractivity contribution in [2.24, 2.45) is 0 Å². The number of carbonyl (C=O) groups excluding carboxylic acids is 2. The summed E-state index contributed by atoms with van der Waals surface area (Å²) in [5.41, 5.74) is 3.14. The zero-order valence-corrected chi connectivity index (χ0v) is 24.0. The fourth-order valence-electron chi connectivity index (χ4n) is 5.68. The third-order valence-electron chi connectivity index (χ3n) is 7.96. The van der Waals surface area contributed by atoms with Crippen LogP contribution in [0.4, 0.5) is 11.8 Å². The molecule has 3 aromatic rings. The molecule has 2 fully saturated rings. The standard InChI is InChI=1S/C30H34ClN7O4/c31-23-15-32-30(33-21-8-12-42-13-9-21)36-28(23)19-6-7-20-16-38(29(41)22(20)14-19)17-27(40)35-25(18-39)24-4-3-5-26(34-24)37-10-1-2-11-37/h3-7,14-15,21,25,39H,1-2,8-13,16-18H2,(H,35,40)(H,32,33,36)/t25-/m1/s1. The summed E-state index contributed by atoms with van der Waals surface area (Å²) in [7, 11) is 0. The van der Waals surface area contributed by atoms with Crippen molar-refractivity contribution in [2.45, 2.75) is 44.3 Å². The first kappa shape index (κ1) is 28.3. The lowest BCUT2D eigenvalue weighted by Crippen LogP contribution is -2.40. The van der Waals surface area contributed by atoms with Crippen molar-refractivity contribution >= 4 is 35.2 Å². The number of carbonyl (C=O) groups is 2. The number of anilines is 2. The van der Waals surface area contributed by atoms with Gasteiger partial charge in [-0.05, 0) is 49.4 Å². The highest BCUT2D eigenvalue weighted by atomic mass is 35.5. The fraction of sp³-hybridized carbons (Fsp3) is 0.433. The molecule has 12 heteroatoms. The Kier molecular flexibility index (Phi) is 8.50. The molecule has 0 unspecified atom stereocenters. The van der Waals surface area contributed by atoms with E-state index in [-0.39, 0.29) is 31.0 Å². The van der Waals surface area contributed by atoms with Crippen LogP contribution in [0.5, 0.6) is 0 Å². The van der Waals surface area contributed by atoms with Crippen LogP contribution < -0.4 is 15.5 Å². The quantitative estimate of drug-likeness (QED) is 0.343. The van der Waals surface area contributed by atoms with Gasteiger partial charge >= 0.3 is 0 Å². The molecule has 2 amide bonds.